The van der Waals surface area contributed by atoms with Crippen molar-refractivity contribution in [2.24, 2.45) is 0 Å². The average molecular weight is 899 g/mol. The highest BCUT2D eigenvalue weighted by Crippen LogP contribution is 2.32. The summed E-state index contributed by atoms with van der Waals surface area (Å²) in [6, 6.07) is 3.50. The molecule has 0 saturated carbocycles. The number of carboxylic acids is 1. The fourth-order valence-corrected chi connectivity index (χ4v) is 5.90. The third-order valence-corrected chi connectivity index (χ3v) is 8.94. The van der Waals surface area contributed by atoms with Crippen molar-refractivity contribution < 1.29 is 86.0 Å². The Morgan fingerprint density at radius 3 is 1.62 bits per heavy atom. The summed E-state index contributed by atoms with van der Waals surface area (Å²) in [6.45, 7) is 7.07. The number of rotatable bonds is 39. The minimum Gasteiger partial charge on any atom is -0.480 e. The Hall–Kier alpha value is -4.49. The standard InChI is InChI=1S/C41H62N4O18/c46-34(43-32-6-4-5-31-38(32)41(53)45(40(31)52)33-8-9-35(47)44-39(33)51)7-2-1-3-11-54-13-15-56-17-19-58-21-23-60-25-27-62-28-26-61-24-22-59-20-18-57-16-14-55-12-10-42-36(48)29-63-30-37(49)50/h4-6,33H,1-3,7-30H2,(H,42,48)(H,43,46)(H,49,50)(H,44,47,51). The van der Waals surface area contributed by atoms with Crippen molar-refractivity contribution in [2.45, 2.75) is 44.6 Å². The van der Waals surface area contributed by atoms with Gasteiger partial charge in [-0.15, -0.1) is 0 Å². The van der Waals surface area contributed by atoms with E-state index in [1.54, 1.807) is 12.1 Å². The molecule has 6 amide bonds. The van der Waals surface area contributed by atoms with E-state index in [0.29, 0.717) is 125 Å². The van der Waals surface area contributed by atoms with Crippen LogP contribution in [0, 0.1) is 0 Å². The number of amides is 6. The number of hydrogen-bond acceptors (Lipinski definition) is 17. The summed E-state index contributed by atoms with van der Waals surface area (Å²) < 4.78 is 53.8. The van der Waals surface area contributed by atoms with E-state index in [-0.39, 0.29) is 55.1 Å². The molecule has 2 aliphatic rings. The minimum absolute atomic E-state index is 0.0213. The summed E-state index contributed by atoms with van der Waals surface area (Å²) in [6.07, 6.45) is 2.39. The number of carbonyl (C=O) groups is 7. The summed E-state index contributed by atoms with van der Waals surface area (Å²) in [5.74, 6) is -4.30. The first-order chi connectivity index (χ1) is 30.7. The predicted molar refractivity (Wildman–Crippen MR) is 219 cm³/mol. The number of ether oxygens (including phenoxy) is 10. The van der Waals surface area contributed by atoms with Crippen molar-refractivity contribution >= 4 is 47.1 Å². The lowest BCUT2D eigenvalue weighted by atomic mass is 10.0. The number of nitrogens with zero attached hydrogens (tertiary/aromatic N) is 1. The van der Waals surface area contributed by atoms with Crippen molar-refractivity contribution in [3.05, 3.63) is 29.3 Å². The number of piperidine rings is 1. The number of fused-ring (bicyclic) bond motifs is 1. The van der Waals surface area contributed by atoms with Crippen molar-refractivity contribution in [3.63, 3.8) is 0 Å². The van der Waals surface area contributed by atoms with E-state index in [0.717, 1.165) is 17.7 Å². The summed E-state index contributed by atoms with van der Waals surface area (Å²) in [5, 5.41) is 15.9. The van der Waals surface area contributed by atoms with Crippen LogP contribution in [-0.2, 0) is 71.3 Å². The first kappa shape index (κ1) is 52.9. The lowest BCUT2D eigenvalue weighted by molar-refractivity contribution is -0.143. The minimum atomic E-state index is -1.13. The highest BCUT2D eigenvalue weighted by molar-refractivity contribution is 6.26. The number of imide groups is 2. The number of nitrogens with one attached hydrogen (secondary N) is 3. The largest absolute Gasteiger partial charge is 0.480 e. The van der Waals surface area contributed by atoms with Gasteiger partial charge in [0.1, 0.15) is 19.3 Å². The second kappa shape index (κ2) is 33.1. The van der Waals surface area contributed by atoms with Crippen LogP contribution < -0.4 is 16.0 Å². The maximum absolute atomic E-state index is 13.2. The highest BCUT2D eigenvalue weighted by Gasteiger charge is 2.45. The third kappa shape index (κ3) is 22.6. The van der Waals surface area contributed by atoms with Crippen molar-refractivity contribution in [2.75, 3.05) is 144 Å². The molecule has 0 aliphatic carbocycles. The van der Waals surface area contributed by atoms with Gasteiger partial charge < -0.3 is 63.1 Å². The topological polar surface area (TPSA) is 271 Å². The molecule has 22 heteroatoms. The first-order valence-corrected chi connectivity index (χ1v) is 21.1. The number of anilines is 1. The Labute approximate surface area is 366 Å². The normalized spacial score (nSPS) is 14.9. The van der Waals surface area contributed by atoms with Crippen LogP contribution in [0.25, 0.3) is 0 Å². The fraction of sp³-hybridized carbons (Fsp3) is 0.683. The van der Waals surface area contributed by atoms with E-state index >= 15 is 0 Å². The maximum atomic E-state index is 13.2. The first-order valence-electron chi connectivity index (χ1n) is 21.1. The molecule has 0 radical (unpaired) electrons. The van der Waals surface area contributed by atoms with Gasteiger partial charge in [-0.05, 0) is 31.4 Å². The summed E-state index contributed by atoms with van der Waals surface area (Å²) in [5.41, 5.74) is 0.357. The van der Waals surface area contributed by atoms with Crippen LogP contribution in [0.3, 0.4) is 0 Å². The van der Waals surface area contributed by atoms with Crippen LogP contribution in [0.5, 0.6) is 0 Å². The molecule has 22 nitrogen and oxygen atoms in total. The Morgan fingerprint density at radius 2 is 1.11 bits per heavy atom. The van der Waals surface area contributed by atoms with Gasteiger partial charge >= 0.3 is 5.97 Å². The van der Waals surface area contributed by atoms with E-state index in [9.17, 15) is 33.6 Å². The number of hydrogen-bond donors (Lipinski definition) is 4. The van der Waals surface area contributed by atoms with Crippen LogP contribution >= 0.6 is 0 Å². The molecular formula is C41H62N4O18. The Morgan fingerprint density at radius 1 is 0.603 bits per heavy atom. The second-order valence-electron chi connectivity index (χ2n) is 13.8. The van der Waals surface area contributed by atoms with Crippen molar-refractivity contribution in [1.29, 1.82) is 0 Å². The molecule has 1 fully saturated rings. The van der Waals surface area contributed by atoms with Gasteiger partial charge in [0.15, 0.2) is 0 Å². The number of carboxylic acid groups (broad SMARTS) is 1. The Bertz CT molecular complexity index is 1570. The quantitative estimate of drug-likeness (QED) is 0.0498. The SMILES string of the molecule is O=C(O)COCC(=O)NCCOCCOCCOCCOCCOCCOCCOCCOCCOCCCCCC(=O)Nc1cccc2c1C(=O)N(C1CCC(=O)NC1=O)C2=O. The summed E-state index contributed by atoms with van der Waals surface area (Å²) in [4.78, 5) is 85.3. The van der Waals surface area contributed by atoms with Crippen LogP contribution in [-0.4, -0.2) is 196 Å². The Kier molecular flexibility index (Phi) is 27.8. The van der Waals surface area contributed by atoms with Gasteiger partial charge in [0.05, 0.1) is 129 Å². The van der Waals surface area contributed by atoms with Crippen LogP contribution in [0.2, 0.25) is 0 Å². The van der Waals surface area contributed by atoms with Gasteiger partial charge in [-0.25, -0.2) is 4.79 Å². The van der Waals surface area contributed by atoms with Crippen LogP contribution in [0.4, 0.5) is 5.69 Å². The smallest absolute Gasteiger partial charge is 0.329 e. The molecule has 63 heavy (non-hydrogen) atoms. The molecule has 4 N–H and O–H groups in total. The molecule has 1 aromatic rings. The molecule has 0 spiro atoms. The number of aliphatic carboxylic acids is 1. The van der Waals surface area contributed by atoms with Crippen LogP contribution in [0.1, 0.15) is 59.2 Å². The van der Waals surface area contributed by atoms with Gasteiger partial charge in [0.2, 0.25) is 23.6 Å². The van der Waals surface area contributed by atoms with Gasteiger partial charge in [-0.3, -0.25) is 39.0 Å². The van der Waals surface area contributed by atoms with Gasteiger partial charge in [0, 0.05) is 26.0 Å². The van der Waals surface area contributed by atoms with Crippen molar-refractivity contribution in [1.82, 2.24) is 15.5 Å². The highest BCUT2D eigenvalue weighted by atomic mass is 16.6. The van der Waals surface area contributed by atoms with E-state index in [1.165, 1.54) is 6.07 Å². The Balaban J connectivity index is 0.992. The monoisotopic (exact) mass is 898 g/mol. The summed E-state index contributed by atoms with van der Waals surface area (Å²) >= 11 is 0. The number of carbonyl (C=O) groups excluding carboxylic acids is 6. The second-order valence-corrected chi connectivity index (χ2v) is 13.8. The molecule has 1 saturated heterocycles. The third-order valence-electron chi connectivity index (χ3n) is 8.94. The molecule has 1 aromatic carbocycles. The van der Waals surface area contributed by atoms with Gasteiger partial charge in [-0.1, -0.05) is 12.5 Å². The zero-order valence-electron chi connectivity index (χ0n) is 35.7. The van der Waals surface area contributed by atoms with Crippen molar-refractivity contribution in [3.8, 4) is 0 Å². The molecule has 0 bridgehead atoms. The summed E-state index contributed by atoms with van der Waals surface area (Å²) in [7, 11) is 0. The van der Waals surface area contributed by atoms with Crippen LogP contribution in [0.15, 0.2) is 18.2 Å². The maximum Gasteiger partial charge on any atom is 0.329 e. The van der Waals surface area contributed by atoms with E-state index in [4.69, 9.17) is 47.7 Å². The molecular weight excluding hydrogens is 836 g/mol. The van der Waals surface area contributed by atoms with Gasteiger partial charge in [-0.2, -0.15) is 0 Å². The molecule has 2 heterocycles. The van der Waals surface area contributed by atoms with Gasteiger partial charge in [0.25, 0.3) is 11.8 Å². The molecule has 1 atom stereocenters. The zero-order chi connectivity index (χ0) is 45.3. The number of unbranched alkanes of at least 4 members (excludes halogenated alkanes) is 2. The predicted octanol–water partition coefficient (Wildman–Crippen LogP) is -0.0465. The molecule has 0 aromatic heterocycles. The van der Waals surface area contributed by atoms with E-state index < -0.39 is 48.2 Å². The van der Waals surface area contributed by atoms with E-state index in [1.807, 2.05) is 0 Å². The lowest BCUT2D eigenvalue weighted by Gasteiger charge is -2.27. The fourth-order valence-electron chi connectivity index (χ4n) is 5.90. The molecule has 3 rings (SSSR count). The molecule has 354 valence electrons. The zero-order valence-corrected chi connectivity index (χ0v) is 35.7. The lowest BCUT2D eigenvalue weighted by Crippen LogP contribution is -2.54. The average Bonchev–Trinajstić information content (AvgIpc) is 3.51. The molecule has 2 aliphatic heterocycles. The molecule has 1 unspecified atom stereocenters. The van der Waals surface area contributed by atoms with E-state index in [2.05, 4.69) is 20.7 Å². The number of benzene rings is 1.